The Morgan fingerprint density at radius 2 is 0.611 bits per heavy atom. The van der Waals surface area contributed by atoms with Crippen LogP contribution in [0.3, 0.4) is 0 Å². The number of benzene rings is 6. The molecule has 72 heavy (non-hydrogen) atoms. The monoisotopic (exact) mass is 966 g/mol. The van der Waals surface area contributed by atoms with Crippen LogP contribution in [0.25, 0.3) is 0 Å². The third kappa shape index (κ3) is 7.67. The molecule has 0 spiro atoms. The van der Waals surface area contributed by atoms with E-state index in [4.69, 9.17) is 28.4 Å². The van der Waals surface area contributed by atoms with Crippen LogP contribution < -0.4 is 5.82 Å². The van der Waals surface area contributed by atoms with Gasteiger partial charge in [-0.2, -0.15) is 0 Å². The number of hydrogen-bond acceptors (Lipinski definition) is 12. The molecule has 6 unspecified atom stereocenters. The van der Waals surface area contributed by atoms with Gasteiger partial charge in [0.15, 0.2) is 18.0 Å². The molecule has 0 saturated carbocycles. The average Bonchev–Trinajstić information content (AvgIpc) is 4.21. The van der Waals surface area contributed by atoms with Crippen LogP contribution in [0.4, 0.5) is 4.79 Å². The molecule has 366 valence electrons. The van der Waals surface area contributed by atoms with Gasteiger partial charge >= 0.3 is 12.0 Å². The van der Waals surface area contributed by atoms with Crippen LogP contribution in [0.5, 0.6) is 0 Å². The molecule has 6 bridgehead atoms. The highest BCUT2D eigenvalue weighted by Gasteiger charge is 2.59. The number of carbonyl (C=O) groups is 1. The van der Waals surface area contributed by atoms with Gasteiger partial charge in [-0.25, -0.2) is 9.59 Å². The molecule has 2 saturated heterocycles. The van der Waals surface area contributed by atoms with Crippen LogP contribution in [0.1, 0.15) is 130 Å². The lowest BCUT2D eigenvalue weighted by Gasteiger charge is -2.46. The van der Waals surface area contributed by atoms with Crippen molar-refractivity contribution in [2.75, 3.05) is 0 Å². The lowest BCUT2D eigenvalue weighted by atomic mass is 9.61. The van der Waals surface area contributed by atoms with Gasteiger partial charge in [-0.15, -0.1) is 0 Å². The van der Waals surface area contributed by atoms with Gasteiger partial charge in [-0.3, -0.25) is 0 Å². The molecule has 12 heteroatoms. The van der Waals surface area contributed by atoms with Crippen molar-refractivity contribution in [3.05, 3.63) is 248 Å². The van der Waals surface area contributed by atoms with Crippen molar-refractivity contribution in [1.29, 1.82) is 0 Å². The summed E-state index contributed by atoms with van der Waals surface area (Å²) >= 11 is 0. The van der Waals surface area contributed by atoms with Gasteiger partial charge in [-0.05, 0) is 80.6 Å². The van der Waals surface area contributed by atoms with E-state index in [1.54, 1.807) is 12.5 Å². The Bertz CT molecular complexity index is 2910. The zero-order valence-corrected chi connectivity index (χ0v) is 40.1. The molecule has 2 N–H and O–H groups in total. The second-order valence-electron chi connectivity index (χ2n) is 20.3. The number of aliphatic hydroxyl groups excluding tert-OH is 2. The second-order valence-corrected chi connectivity index (χ2v) is 20.3. The number of fused-ring (bicyclic) bond motifs is 1. The largest absolute Gasteiger partial charge is 0.518 e. The molecule has 2 fully saturated rings. The van der Waals surface area contributed by atoms with Gasteiger partial charge in [0, 0.05) is 37.5 Å². The van der Waals surface area contributed by atoms with Gasteiger partial charge in [0.25, 0.3) is 0 Å². The number of rotatable bonds is 0. The fraction of sp³-hybridized carbons (Fsp3) is 0.300. The Labute approximate surface area is 416 Å². The normalized spacial score (nSPS) is 29.8. The number of aliphatic hydroxyl groups is 2. The number of hydrogen-bond donors (Lipinski definition) is 2. The van der Waals surface area contributed by atoms with E-state index in [1.165, 1.54) is 79.3 Å². The summed E-state index contributed by atoms with van der Waals surface area (Å²) in [6.07, 6.45) is 3.43. The fourth-order valence-corrected chi connectivity index (χ4v) is 12.9. The summed E-state index contributed by atoms with van der Waals surface area (Å²) < 4.78 is 41.6. The molecule has 9 aliphatic carbocycles. The Balaban J connectivity index is 0.0000000983. The fourth-order valence-electron chi connectivity index (χ4n) is 12.9. The summed E-state index contributed by atoms with van der Waals surface area (Å²) in [6.45, 7) is 7.76. The first-order valence-corrected chi connectivity index (χ1v) is 24.5. The van der Waals surface area contributed by atoms with Crippen LogP contribution in [0.2, 0.25) is 0 Å². The highest BCUT2D eigenvalue weighted by Crippen LogP contribution is 2.59. The maximum atomic E-state index is 11.6. The molecule has 6 atom stereocenters. The number of ether oxygens (including phenoxy) is 6. The number of carbonyl (C=O) groups excluding carboxylic acids is 1. The zero-order valence-electron chi connectivity index (χ0n) is 40.1. The van der Waals surface area contributed by atoms with E-state index in [-0.39, 0.29) is 48.1 Å². The summed E-state index contributed by atoms with van der Waals surface area (Å²) in [7, 11) is 0. The predicted octanol–water partition coefficient (Wildman–Crippen LogP) is 10.5. The van der Waals surface area contributed by atoms with E-state index in [2.05, 4.69) is 130 Å². The molecule has 12 nitrogen and oxygen atoms in total. The van der Waals surface area contributed by atoms with E-state index >= 15 is 0 Å². The van der Waals surface area contributed by atoms with Crippen LogP contribution in [0, 0.1) is 0 Å². The third-order valence-corrected chi connectivity index (χ3v) is 15.4. The second kappa shape index (κ2) is 17.8. The highest BCUT2D eigenvalue weighted by molar-refractivity contribution is 5.68. The molecule has 3 aliphatic heterocycles. The summed E-state index contributed by atoms with van der Waals surface area (Å²) in [4.78, 5) is 21.3. The maximum Gasteiger partial charge on any atom is 0.518 e. The van der Waals surface area contributed by atoms with Crippen LogP contribution in [-0.4, -0.2) is 64.6 Å². The minimum absolute atomic E-state index is 0.0857. The quantitative estimate of drug-likeness (QED) is 0.139. The minimum atomic E-state index is -0.695. The van der Waals surface area contributed by atoms with Crippen molar-refractivity contribution in [3.63, 3.8) is 0 Å². The molecule has 0 amide bonds. The molecule has 0 radical (unpaired) electrons. The Kier molecular flexibility index (Phi) is 11.4. The van der Waals surface area contributed by atoms with Crippen LogP contribution in [0.15, 0.2) is 184 Å². The zero-order chi connectivity index (χ0) is 49.5. The minimum Gasteiger partial charge on any atom is -0.457 e. The van der Waals surface area contributed by atoms with E-state index in [0.29, 0.717) is 11.8 Å². The van der Waals surface area contributed by atoms with Gasteiger partial charge in [0.2, 0.25) is 5.79 Å². The van der Waals surface area contributed by atoms with Crippen molar-refractivity contribution in [1.82, 2.24) is 0 Å². The first kappa shape index (κ1) is 45.9. The summed E-state index contributed by atoms with van der Waals surface area (Å²) in [5.74, 6) is -0.934. The summed E-state index contributed by atoms with van der Waals surface area (Å²) in [5.41, 5.74) is 15.4. The molecule has 12 aliphatic rings. The van der Waals surface area contributed by atoms with E-state index in [9.17, 15) is 19.8 Å². The van der Waals surface area contributed by atoms with Crippen molar-refractivity contribution in [2.45, 2.75) is 111 Å². The Hall–Kier alpha value is -7.22. The van der Waals surface area contributed by atoms with Crippen molar-refractivity contribution >= 4 is 6.16 Å². The first-order valence-electron chi connectivity index (χ1n) is 24.5. The van der Waals surface area contributed by atoms with E-state index in [1.807, 2.05) is 52.0 Å². The molecule has 19 rings (SSSR count). The van der Waals surface area contributed by atoms with Crippen molar-refractivity contribution < 1.29 is 52.3 Å². The first-order chi connectivity index (χ1) is 34.9. The van der Waals surface area contributed by atoms with E-state index < -0.39 is 35.8 Å². The van der Waals surface area contributed by atoms with Crippen LogP contribution >= 0.6 is 0 Å². The van der Waals surface area contributed by atoms with Crippen molar-refractivity contribution in [3.8, 4) is 0 Å². The third-order valence-electron chi connectivity index (χ3n) is 15.4. The maximum absolute atomic E-state index is 11.6. The van der Waals surface area contributed by atoms with Crippen LogP contribution in [-0.2, 0) is 28.4 Å². The molecule has 7 aromatic rings. The SMILES string of the molecule is CC1(C)OC2C3c4ccccc4C(c4ccccc43)C2O1.CC1(C)OC=CO1.O=C1OC2C3c4ccccc4C(c4ccccc43)C2O1.O=c1occo1.OC1C2c3ccccc3C(c3ccccc32)C1O. The van der Waals surface area contributed by atoms with Crippen molar-refractivity contribution in [2.24, 2.45) is 0 Å². The van der Waals surface area contributed by atoms with Gasteiger partial charge in [-0.1, -0.05) is 146 Å². The van der Waals surface area contributed by atoms with E-state index in [0.717, 1.165) is 0 Å². The standard InChI is InChI=1S/C19H18O2.C17H12O3.C16H14O2.C5H8O2.C3H2O3/c1-19(2)20-17-15-11-7-3-4-8-12(11)16(18(17)21-19)14-10-6-5-9-13(14)15;18-17-19-15-13-9-5-1-2-6-10(9)14(16(15)20-17)12-8-4-3-7-11(12)13;17-15-13-9-5-1-2-6-10(9)14(16(15)18)12-8-4-3-7-11(12)13;1-5(2)6-3-4-7-5;4-3-5-1-2-6-3/h3-10,15-18H,1-2H3;1-8,13-16H;1-8,13-18H;3-4H,1-2H3;1-2H. The van der Waals surface area contributed by atoms with Gasteiger partial charge < -0.3 is 47.5 Å². The lowest BCUT2D eigenvalue weighted by Crippen LogP contribution is -2.47. The predicted molar refractivity (Wildman–Crippen MR) is 263 cm³/mol. The highest BCUT2D eigenvalue weighted by atomic mass is 16.8. The van der Waals surface area contributed by atoms with Gasteiger partial charge in [0.05, 0.1) is 36.3 Å². The molecule has 6 aromatic carbocycles. The smallest absolute Gasteiger partial charge is 0.457 e. The van der Waals surface area contributed by atoms with Gasteiger partial charge in [0.1, 0.15) is 25.1 Å². The topological polar surface area (TPSA) is 156 Å². The average molecular weight is 967 g/mol. The Morgan fingerprint density at radius 3 is 0.833 bits per heavy atom. The molecule has 1 aromatic heterocycles. The Morgan fingerprint density at radius 1 is 0.361 bits per heavy atom. The molecule has 4 heterocycles. The summed E-state index contributed by atoms with van der Waals surface area (Å²) in [6, 6.07) is 50.6. The molecular weight excluding hydrogens is 913 g/mol. The molecular formula is C60H54O12. The lowest BCUT2D eigenvalue weighted by molar-refractivity contribution is -0.146. The summed E-state index contributed by atoms with van der Waals surface area (Å²) in [5, 5.41) is 20.6.